The molecule has 0 bridgehead atoms. The summed E-state index contributed by atoms with van der Waals surface area (Å²) in [6, 6.07) is 11.2. The molecule has 0 radical (unpaired) electrons. The molecule has 0 saturated heterocycles. The summed E-state index contributed by atoms with van der Waals surface area (Å²) in [5, 5.41) is 12.5. The minimum Gasteiger partial charge on any atom is -0.481 e. The van der Waals surface area contributed by atoms with Crippen molar-refractivity contribution < 1.29 is 23.8 Å². The molecule has 6 heteroatoms. The molecule has 1 aliphatic carbocycles. The van der Waals surface area contributed by atoms with E-state index in [0.717, 1.165) is 42.8 Å². The zero-order valence-corrected chi connectivity index (χ0v) is 14.7. The smallest absolute Gasteiger partial charge is 0.337 e. The van der Waals surface area contributed by atoms with Gasteiger partial charge in [0, 0.05) is 11.6 Å². The minimum absolute atomic E-state index is 0.198. The molecule has 1 fully saturated rings. The Labute approximate surface area is 152 Å². The molecule has 1 aromatic carbocycles. The molecule has 3 rings (SSSR count). The number of hydrogen-bond acceptors (Lipinski definition) is 5. The molecule has 0 atom stereocenters. The number of aliphatic carboxylic acids is 1. The number of methoxy groups -OCH3 is 1. The molecule has 26 heavy (non-hydrogen) atoms. The van der Waals surface area contributed by atoms with Crippen molar-refractivity contribution in [1.29, 1.82) is 0 Å². The van der Waals surface area contributed by atoms with Gasteiger partial charge in [0.2, 0.25) is 0 Å². The van der Waals surface area contributed by atoms with E-state index < -0.39 is 5.97 Å². The Morgan fingerprint density at radius 1 is 1.12 bits per heavy atom. The summed E-state index contributed by atoms with van der Waals surface area (Å²) in [6.07, 6.45) is 3.20. The Kier molecular flexibility index (Phi) is 5.73. The first kappa shape index (κ1) is 18.2. The lowest BCUT2D eigenvalue weighted by Gasteiger charge is -2.26. The molecular weight excluding hydrogens is 334 g/mol. The van der Waals surface area contributed by atoms with Crippen LogP contribution in [0, 0.1) is 5.92 Å². The number of carbonyl (C=O) groups excluding carboxylic acids is 1. The van der Waals surface area contributed by atoms with Crippen LogP contribution in [0.15, 0.2) is 40.8 Å². The number of nitrogens with one attached hydrogen (secondary N) is 1. The van der Waals surface area contributed by atoms with Crippen molar-refractivity contribution in [1.82, 2.24) is 5.32 Å². The van der Waals surface area contributed by atoms with Gasteiger partial charge in [-0.3, -0.25) is 4.79 Å². The number of carbonyl (C=O) groups is 2. The van der Waals surface area contributed by atoms with Crippen molar-refractivity contribution in [2.45, 2.75) is 38.3 Å². The normalized spacial score (nSPS) is 19.9. The van der Waals surface area contributed by atoms with Gasteiger partial charge in [-0.25, -0.2) is 4.79 Å². The number of ether oxygens (including phenoxy) is 1. The molecule has 1 heterocycles. The summed E-state index contributed by atoms with van der Waals surface area (Å²) in [4.78, 5) is 22.5. The van der Waals surface area contributed by atoms with Crippen LogP contribution in [0.4, 0.5) is 0 Å². The summed E-state index contributed by atoms with van der Waals surface area (Å²) in [6.45, 7) is 0.614. The van der Waals surface area contributed by atoms with Gasteiger partial charge in [-0.05, 0) is 49.9 Å². The van der Waals surface area contributed by atoms with Crippen LogP contribution in [-0.2, 0) is 16.1 Å². The first-order valence-electron chi connectivity index (χ1n) is 8.80. The Balaban J connectivity index is 1.53. The minimum atomic E-state index is -0.683. The molecule has 0 unspecified atom stereocenters. The highest BCUT2D eigenvalue weighted by Gasteiger charge is 2.25. The van der Waals surface area contributed by atoms with Gasteiger partial charge in [0.25, 0.3) is 0 Å². The molecule has 2 aromatic rings. The highest BCUT2D eigenvalue weighted by Crippen LogP contribution is 2.26. The molecular formula is C20H23NO5. The van der Waals surface area contributed by atoms with E-state index in [1.807, 2.05) is 24.3 Å². The predicted octanol–water partition coefficient (Wildman–Crippen LogP) is 3.47. The number of benzene rings is 1. The highest BCUT2D eigenvalue weighted by molar-refractivity contribution is 5.89. The largest absolute Gasteiger partial charge is 0.481 e. The van der Waals surface area contributed by atoms with E-state index in [-0.39, 0.29) is 11.9 Å². The van der Waals surface area contributed by atoms with Crippen LogP contribution in [0.25, 0.3) is 11.3 Å². The fourth-order valence-corrected chi connectivity index (χ4v) is 3.31. The van der Waals surface area contributed by atoms with Crippen LogP contribution in [0.5, 0.6) is 0 Å². The number of esters is 1. The van der Waals surface area contributed by atoms with Crippen molar-refractivity contribution in [2.75, 3.05) is 7.11 Å². The SMILES string of the molecule is COC(=O)c1ccc(-c2ccc(CNC3CCC(C(=O)O)CC3)o2)cc1. The topological polar surface area (TPSA) is 88.8 Å². The molecule has 0 aliphatic heterocycles. The van der Waals surface area contributed by atoms with E-state index in [0.29, 0.717) is 18.2 Å². The van der Waals surface area contributed by atoms with Crippen LogP contribution < -0.4 is 5.32 Å². The first-order chi connectivity index (χ1) is 12.6. The van der Waals surface area contributed by atoms with Crippen molar-refractivity contribution in [3.8, 4) is 11.3 Å². The lowest BCUT2D eigenvalue weighted by Crippen LogP contribution is -2.34. The molecule has 138 valence electrons. The fourth-order valence-electron chi connectivity index (χ4n) is 3.31. The second kappa shape index (κ2) is 8.19. The van der Waals surface area contributed by atoms with Crippen molar-refractivity contribution in [3.05, 3.63) is 47.7 Å². The van der Waals surface area contributed by atoms with E-state index in [1.54, 1.807) is 12.1 Å². The van der Waals surface area contributed by atoms with Gasteiger partial charge in [-0.2, -0.15) is 0 Å². The average Bonchev–Trinajstić information content (AvgIpc) is 3.15. The Hall–Kier alpha value is -2.60. The van der Waals surface area contributed by atoms with Crippen molar-refractivity contribution in [3.63, 3.8) is 0 Å². The van der Waals surface area contributed by atoms with E-state index in [2.05, 4.69) is 5.32 Å². The van der Waals surface area contributed by atoms with E-state index in [9.17, 15) is 9.59 Å². The summed E-state index contributed by atoms with van der Waals surface area (Å²) in [7, 11) is 1.36. The molecule has 0 spiro atoms. The second-order valence-corrected chi connectivity index (χ2v) is 6.60. The van der Waals surface area contributed by atoms with Gasteiger partial charge in [0.05, 0.1) is 25.1 Å². The summed E-state index contributed by atoms with van der Waals surface area (Å²) >= 11 is 0. The number of hydrogen-bond donors (Lipinski definition) is 2. The third kappa shape index (κ3) is 4.32. The molecule has 0 amide bonds. The zero-order chi connectivity index (χ0) is 18.5. The second-order valence-electron chi connectivity index (χ2n) is 6.60. The quantitative estimate of drug-likeness (QED) is 0.770. The van der Waals surface area contributed by atoms with Gasteiger partial charge < -0.3 is 19.6 Å². The monoisotopic (exact) mass is 357 g/mol. The summed E-state index contributed by atoms with van der Waals surface area (Å²) < 4.78 is 10.6. The van der Waals surface area contributed by atoms with Crippen LogP contribution >= 0.6 is 0 Å². The molecule has 6 nitrogen and oxygen atoms in total. The number of carboxylic acids is 1. The van der Waals surface area contributed by atoms with Crippen LogP contribution in [-0.4, -0.2) is 30.2 Å². The van der Waals surface area contributed by atoms with Crippen molar-refractivity contribution in [2.24, 2.45) is 5.92 Å². The van der Waals surface area contributed by atoms with E-state index in [1.165, 1.54) is 7.11 Å². The maximum atomic E-state index is 11.5. The van der Waals surface area contributed by atoms with Gasteiger partial charge in [0.1, 0.15) is 11.5 Å². The lowest BCUT2D eigenvalue weighted by atomic mass is 9.86. The molecule has 1 aliphatic rings. The van der Waals surface area contributed by atoms with E-state index in [4.69, 9.17) is 14.3 Å². The van der Waals surface area contributed by atoms with Crippen LogP contribution in [0.2, 0.25) is 0 Å². The van der Waals surface area contributed by atoms with Gasteiger partial charge in [-0.1, -0.05) is 12.1 Å². The molecule has 2 N–H and O–H groups in total. The van der Waals surface area contributed by atoms with Gasteiger partial charge in [0.15, 0.2) is 0 Å². The Morgan fingerprint density at radius 3 is 2.42 bits per heavy atom. The highest BCUT2D eigenvalue weighted by atomic mass is 16.5. The van der Waals surface area contributed by atoms with E-state index >= 15 is 0 Å². The predicted molar refractivity (Wildman–Crippen MR) is 95.7 cm³/mol. The Morgan fingerprint density at radius 2 is 1.81 bits per heavy atom. The first-order valence-corrected chi connectivity index (χ1v) is 8.80. The number of carboxylic acid groups (broad SMARTS) is 1. The average molecular weight is 357 g/mol. The van der Waals surface area contributed by atoms with Gasteiger partial charge >= 0.3 is 11.9 Å². The van der Waals surface area contributed by atoms with Crippen LogP contribution in [0.3, 0.4) is 0 Å². The lowest BCUT2D eigenvalue weighted by molar-refractivity contribution is -0.142. The fraction of sp³-hybridized carbons (Fsp3) is 0.400. The summed E-state index contributed by atoms with van der Waals surface area (Å²) in [5.41, 5.74) is 1.40. The zero-order valence-electron chi connectivity index (χ0n) is 14.7. The van der Waals surface area contributed by atoms with Gasteiger partial charge in [-0.15, -0.1) is 0 Å². The maximum Gasteiger partial charge on any atom is 0.337 e. The maximum absolute atomic E-state index is 11.5. The standard InChI is InChI=1S/C20H23NO5/c1-25-20(24)15-4-2-13(3-5-15)18-11-10-17(26-18)12-21-16-8-6-14(7-9-16)19(22)23/h2-5,10-11,14,16,21H,6-9,12H2,1H3,(H,22,23). The van der Waals surface area contributed by atoms with Crippen molar-refractivity contribution >= 4 is 11.9 Å². The Bertz CT molecular complexity index is 757. The molecule has 1 aromatic heterocycles. The molecule has 1 saturated carbocycles. The third-order valence-electron chi connectivity index (χ3n) is 4.89. The summed E-state index contributed by atoms with van der Waals surface area (Å²) in [5.74, 6) is 0.331. The third-order valence-corrected chi connectivity index (χ3v) is 4.89. The number of rotatable bonds is 6. The number of furan rings is 1. The van der Waals surface area contributed by atoms with Crippen LogP contribution in [0.1, 0.15) is 41.8 Å².